The maximum absolute atomic E-state index is 2.42. The Kier molecular flexibility index (Phi) is 6.97. The van der Waals surface area contributed by atoms with Gasteiger partial charge < -0.3 is 9.13 Å². The van der Waals surface area contributed by atoms with Gasteiger partial charge in [0.2, 0.25) is 0 Å². The van der Waals surface area contributed by atoms with Gasteiger partial charge in [0, 0.05) is 32.9 Å². The van der Waals surface area contributed by atoms with Crippen LogP contribution in [0, 0.1) is 13.8 Å². The number of nitrogens with zero attached hydrogens (tertiary/aromatic N) is 2. The van der Waals surface area contributed by atoms with E-state index in [1.165, 1.54) is 93.8 Å². The fourth-order valence-corrected chi connectivity index (χ4v) is 8.26. The van der Waals surface area contributed by atoms with Crippen molar-refractivity contribution in [3.05, 3.63) is 193 Å². The molecule has 0 fully saturated rings. The highest BCUT2D eigenvalue weighted by atomic mass is 15.0. The van der Waals surface area contributed by atoms with Crippen molar-refractivity contribution in [3.8, 4) is 44.8 Å². The molecule has 52 heavy (non-hydrogen) atoms. The second kappa shape index (κ2) is 12.0. The first-order valence-corrected chi connectivity index (χ1v) is 18.0. The molecule has 0 spiro atoms. The van der Waals surface area contributed by atoms with E-state index < -0.39 is 0 Å². The lowest BCUT2D eigenvalue weighted by atomic mass is 9.96. The van der Waals surface area contributed by atoms with E-state index in [1.807, 2.05) is 0 Å². The summed E-state index contributed by atoms with van der Waals surface area (Å²) >= 11 is 0. The summed E-state index contributed by atoms with van der Waals surface area (Å²) in [5, 5.41) is 5.03. The van der Waals surface area contributed by atoms with E-state index in [4.69, 9.17) is 0 Å². The molecule has 0 aliphatic rings. The van der Waals surface area contributed by atoms with Crippen molar-refractivity contribution in [2.75, 3.05) is 0 Å². The van der Waals surface area contributed by atoms with Crippen molar-refractivity contribution in [2.45, 2.75) is 13.8 Å². The quantitative estimate of drug-likeness (QED) is 0.173. The maximum Gasteiger partial charge on any atom is 0.0541 e. The standard InChI is InChI=1S/C50H36N2/c1-33-12-6-7-15-41(33)42-27-26-40(30-34(42)2)52-48-19-11-9-17-44(48)46-32-38(23-29-50(46)52)37-22-28-49-45(31-37)43-16-8-10-18-47(43)51(49)39-24-20-36(21-25-39)35-13-4-3-5-14-35/h3-32H,1-2H3. The second-order valence-electron chi connectivity index (χ2n) is 13.9. The lowest BCUT2D eigenvalue weighted by molar-refractivity contribution is 1.17. The maximum atomic E-state index is 2.42. The summed E-state index contributed by atoms with van der Waals surface area (Å²) in [4.78, 5) is 0. The van der Waals surface area contributed by atoms with Crippen LogP contribution in [0.1, 0.15) is 11.1 Å². The van der Waals surface area contributed by atoms with Gasteiger partial charge in [0.25, 0.3) is 0 Å². The van der Waals surface area contributed by atoms with Crippen LogP contribution in [0.15, 0.2) is 182 Å². The van der Waals surface area contributed by atoms with Crippen LogP contribution in [0.4, 0.5) is 0 Å². The summed E-state index contributed by atoms with van der Waals surface area (Å²) in [5.74, 6) is 0. The summed E-state index contributed by atoms with van der Waals surface area (Å²) in [5.41, 5.74) is 17.2. The molecule has 0 aliphatic heterocycles. The molecule has 2 heteroatoms. The predicted octanol–water partition coefficient (Wildman–Crippen LogP) is 13.5. The molecule has 10 aromatic rings. The van der Waals surface area contributed by atoms with E-state index in [0.29, 0.717) is 0 Å². The molecule has 0 saturated carbocycles. The zero-order chi connectivity index (χ0) is 34.8. The number of benzene rings is 8. The number of hydrogen-bond acceptors (Lipinski definition) is 0. The van der Waals surface area contributed by atoms with Gasteiger partial charge in [-0.25, -0.2) is 0 Å². The number of para-hydroxylation sites is 2. The number of hydrogen-bond donors (Lipinski definition) is 0. The van der Waals surface area contributed by atoms with Crippen LogP contribution in [-0.4, -0.2) is 9.13 Å². The monoisotopic (exact) mass is 664 g/mol. The Morgan fingerprint density at radius 1 is 0.288 bits per heavy atom. The summed E-state index contributed by atoms with van der Waals surface area (Å²) in [6, 6.07) is 66.5. The van der Waals surface area contributed by atoms with Gasteiger partial charge in [-0.05, 0) is 119 Å². The molecule has 2 aromatic heterocycles. The number of aryl methyl sites for hydroxylation is 2. The Morgan fingerprint density at radius 3 is 1.37 bits per heavy atom. The van der Waals surface area contributed by atoms with Crippen molar-refractivity contribution in [1.29, 1.82) is 0 Å². The van der Waals surface area contributed by atoms with Gasteiger partial charge in [-0.15, -0.1) is 0 Å². The molecule has 2 nitrogen and oxygen atoms in total. The van der Waals surface area contributed by atoms with Crippen LogP contribution >= 0.6 is 0 Å². The third-order valence-corrected chi connectivity index (χ3v) is 10.8. The Hall–Kier alpha value is -6.64. The Labute approximate surface area is 303 Å². The highest BCUT2D eigenvalue weighted by Gasteiger charge is 2.17. The van der Waals surface area contributed by atoms with Crippen molar-refractivity contribution < 1.29 is 0 Å². The normalized spacial score (nSPS) is 11.7. The number of fused-ring (bicyclic) bond motifs is 6. The first kappa shape index (κ1) is 30.2. The molecule has 0 unspecified atom stereocenters. The predicted molar refractivity (Wildman–Crippen MR) is 221 cm³/mol. The van der Waals surface area contributed by atoms with Crippen LogP contribution < -0.4 is 0 Å². The Bertz CT molecular complexity index is 2960. The van der Waals surface area contributed by atoms with Gasteiger partial charge in [-0.2, -0.15) is 0 Å². The van der Waals surface area contributed by atoms with Gasteiger partial charge in [0.05, 0.1) is 22.1 Å². The fourth-order valence-electron chi connectivity index (χ4n) is 8.26. The van der Waals surface area contributed by atoms with Crippen molar-refractivity contribution in [1.82, 2.24) is 9.13 Å². The lowest BCUT2D eigenvalue weighted by Crippen LogP contribution is -1.96. The van der Waals surface area contributed by atoms with Crippen LogP contribution in [0.25, 0.3) is 88.4 Å². The molecule has 246 valence electrons. The Balaban J connectivity index is 1.09. The number of rotatable bonds is 5. The molecule has 0 atom stereocenters. The van der Waals surface area contributed by atoms with Crippen molar-refractivity contribution in [2.24, 2.45) is 0 Å². The van der Waals surface area contributed by atoms with Gasteiger partial charge in [0.1, 0.15) is 0 Å². The van der Waals surface area contributed by atoms with E-state index in [9.17, 15) is 0 Å². The molecule has 0 saturated heterocycles. The van der Waals surface area contributed by atoms with E-state index >= 15 is 0 Å². The smallest absolute Gasteiger partial charge is 0.0541 e. The molecule has 0 aliphatic carbocycles. The molecule has 0 amide bonds. The van der Waals surface area contributed by atoms with Crippen LogP contribution in [0.5, 0.6) is 0 Å². The van der Waals surface area contributed by atoms with Crippen molar-refractivity contribution in [3.63, 3.8) is 0 Å². The summed E-state index contributed by atoms with van der Waals surface area (Å²) in [7, 11) is 0. The largest absolute Gasteiger partial charge is 0.309 e. The molecule has 0 radical (unpaired) electrons. The fraction of sp³-hybridized carbons (Fsp3) is 0.0400. The summed E-state index contributed by atoms with van der Waals surface area (Å²) in [6.07, 6.45) is 0. The lowest BCUT2D eigenvalue weighted by Gasteiger charge is -2.14. The second-order valence-corrected chi connectivity index (χ2v) is 13.9. The zero-order valence-corrected chi connectivity index (χ0v) is 29.2. The average Bonchev–Trinajstić information content (AvgIpc) is 3.71. The third kappa shape index (κ3) is 4.80. The first-order valence-electron chi connectivity index (χ1n) is 18.0. The minimum absolute atomic E-state index is 1.16. The molecule has 10 rings (SSSR count). The van der Waals surface area contributed by atoms with E-state index in [0.717, 1.165) is 5.69 Å². The molecule has 0 N–H and O–H groups in total. The van der Waals surface area contributed by atoms with Crippen LogP contribution in [-0.2, 0) is 0 Å². The summed E-state index contributed by atoms with van der Waals surface area (Å²) in [6.45, 7) is 4.41. The zero-order valence-electron chi connectivity index (χ0n) is 29.2. The highest BCUT2D eigenvalue weighted by Crippen LogP contribution is 2.39. The Morgan fingerprint density at radius 2 is 0.750 bits per heavy atom. The SMILES string of the molecule is Cc1ccccc1-c1ccc(-n2c3ccccc3c3cc(-c4ccc5c(c4)c4ccccc4n5-c4ccc(-c5ccccc5)cc4)ccc32)cc1C. The average molecular weight is 665 g/mol. The summed E-state index contributed by atoms with van der Waals surface area (Å²) < 4.78 is 4.81. The topological polar surface area (TPSA) is 9.86 Å². The van der Waals surface area contributed by atoms with Gasteiger partial charge in [0.15, 0.2) is 0 Å². The molecule has 8 aromatic carbocycles. The van der Waals surface area contributed by atoms with Gasteiger partial charge >= 0.3 is 0 Å². The van der Waals surface area contributed by atoms with Crippen LogP contribution in [0.3, 0.4) is 0 Å². The van der Waals surface area contributed by atoms with Crippen LogP contribution in [0.2, 0.25) is 0 Å². The number of aromatic nitrogens is 2. The van der Waals surface area contributed by atoms with Gasteiger partial charge in [-0.1, -0.05) is 121 Å². The molecule has 0 bridgehead atoms. The third-order valence-electron chi connectivity index (χ3n) is 10.8. The molecular weight excluding hydrogens is 629 g/mol. The minimum atomic E-state index is 1.16. The van der Waals surface area contributed by atoms with E-state index in [2.05, 4.69) is 205 Å². The van der Waals surface area contributed by atoms with Crippen molar-refractivity contribution >= 4 is 43.6 Å². The van der Waals surface area contributed by atoms with E-state index in [-0.39, 0.29) is 0 Å². The van der Waals surface area contributed by atoms with Gasteiger partial charge in [-0.3, -0.25) is 0 Å². The molecular formula is C50H36N2. The highest BCUT2D eigenvalue weighted by molar-refractivity contribution is 6.12. The minimum Gasteiger partial charge on any atom is -0.309 e. The first-order chi connectivity index (χ1) is 25.6. The van der Waals surface area contributed by atoms with E-state index in [1.54, 1.807) is 0 Å². The molecule has 2 heterocycles.